The van der Waals surface area contributed by atoms with Crippen LogP contribution in [0.5, 0.6) is 0 Å². The van der Waals surface area contributed by atoms with Gasteiger partial charge in [0.2, 0.25) is 0 Å². The van der Waals surface area contributed by atoms with Gasteiger partial charge in [-0.15, -0.1) is 0 Å². The van der Waals surface area contributed by atoms with Crippen molar-refractivity contribution in [3.63, 3.8) is 0 Å². The average molecular weight is 516 g/mol. The van der Waals surface area contributed by atoms with Crippen molar-refractivity contribution in [3.05, 3.63) is 160 Å². The zero-order chi connectivity index (χ0) is 25.6. The van der Waals surface area contributed by atoms with E-state index in [1.165, 1.54) is 59.2 Å². The van der Waals surface area contributed by atoms with Gasteiger partial charge in [-0.2, -0.15) is 0 Å². The molecule has 0 N–H and O–H groups in total. The van der Waals surface area contributed by atoms with Crippen molar-refractivity contribution in [2.45, 2.75) is 21.1 Å². The number of hydrogen-bond donors (Lipinski definition) is 0. The molecule has 5 aromatic carbocycles. The highest BCUT2D eigenvalue weighted by Crippen LogP contribution is 2.64. The molecule has 2 aliphatic carbocycles. The molecule has 6 aromatic rings. The largest absolute Gasteiger partial charge is 0.310 e. The van der Waals surface area contributed by atoms with E-state index in [0.29, 0.717) is 0 Å². The number of fused-ring (bicyclic) bond motifs is 12. The smallest absolute Gasteiger partial charge is 0.0548 e. The van der Waals surface area contributed by atoms with Crippen LogP contribution in [-0.2, 0) is 5.41 Å². The Morgan fingerprint density at radius 2 is 1.18 bits per heavy atom. The second-order valence-electron chi connectivity index (χ2n) is 10.9. The van der Waals surface area contributed by atoms with Crippen molar-refractivity contribution in [1.29, 1.82) is 0 Å². The number of para-hydroxylation sites is 2. The molecule has 9 rings (SSSR count). The van der Waals surface area contributed by atoms with Crippen LogP contribution in [0.1, 0.15) is 28.2 Å². The third-order valence-electron chi connectivity index (χ3n) is 9.13. The SMILES string of the molecule is C1=c2c(n(-c3ccccc3)c3ccccc23)=CC2c3ccccc3C3(c4ccccc4Sc4ccccc43)C12. The van der Waals surface area contributed by atoms with E-state index >= 15 is 0 Å². The van der Waals surface area contributed by atoms with Crippen molar-refractivity contribution in [3.8, 4) is 5.69 Å². The molecule has 0 fully saturated rings. The van der Waals surface area contributed by atoms with Gasteiger partial charge in [0.15, 0.2) is 0 Å². The van der Waals surface area contributed by atoms with Crippen LogP contribution < -0.4 is 10.6 Å². The number of rotatable bonds is 1. The van der Waals surface area contributed by atoms with Crippen LogP contribution in [0.15, 0.2) is 137 Å². The Morgan fingerprint density at radius 3 is 1.95 bits per heavy atom. The summed E-state index contributed by atoms with van der Waals surface area (Å²) in [5.41, 5.74) is 8.03. The molecule has 2 atom stereocenters. The van der Waals surface area contributed by atoms with Gasteiger partial charge in [-0.3, -0.25) is 0 Å². The summed E-state index contributed by atoms with van der Waals surface area (Å²) < 4.78 is 2.46. The van der Waals surface area contributed by atoms with Gasteiger partial charge in [0, 0.05) is 37.9 Å². The molecular formula is C37H25NS. The van der Waals surface area contributed by atoms with Crippen LogP contribution in [0, 0.1) is 5.92 Å². The molecule has 1 aromatic heterocycles. The standard InChI is InChI=1S/C37H25NS/c1-2-12-24(13-3-1)38-33-19-9-5-15-26(33)28-22-32-27(23-34(28)38)25-14-4-6-16-29(25)37(32)30-17-7-10-20-35(30)39-36-21-11-8-18-31(36)37/h1-23,27,32H. The molecular weight excluding hydrogens is 490 g/mol. The van der Waals surface area contributed by atoms with Crippen LogP contribution >= 0.6 is 11.8 Å². The molecule has 39 heavy (non-hydrogen) atoms. The summed E-state index contributed by atoms with van der Waals surface area (Å²) in [5.74, 6) is 0.560. The summed E-state index contributed by atoms with van der Waals surface area (Å²) in [6.45, 7) is 0. The first-order valence-corrected chi connectivity index (χ1v) is 14.5. The predicted octanol–water partition coefficient (Wildman–Crippen LogP) is 7.42. The molecule has 1 spiro atoms. The third-order valence-corrected chi connectivity index (χ3v) is 10.3. The summed E-state index contributed by atoms with van der Waals surface area (Å²) in [6, 6.07) is 47.2. The minimum atomic E-state index is -0.232. The maximum Gasteiger partial charge on any atom is 0.0548 e. The molecule has 2 heteroatoms. The predicted molar refractivity (Wildman–Crippen MR) is 161 cm³/mol. The van der Waals surface area contributed by atoms with E-state index in [4.69, 9.17) is 0 Å². The lowest BCUT2D eigenvalue weighted by Gasteiger charge is -2.43. The summed E-state index contributed by atoms with van der Waals surface area (Å²) >= 11 is 1.92. The topological polar surface area (TPSA) is 4.93 Å². The highest BCUT2D eigenvalue weighted by atomic mass is 32.2. The molecule has 1 aliphatic heterocycles. The number of nitrogens with zero attached hydrogens (tertiary/aromatic N) is 1. The molecule has 3 aliphatic rings. The van der Waals surface area contributed by atoms with Gasteiger partial charge >= 0.3 is 0 Å². The fourth-order valence-corrected chi connectivity index (χ4v) is 8.92. The highest BCUT2D eigenvalue weighted by Gasteiger charge is 2.56. The van der Waals surface area contributed by atoms with Crippen molar-refractivity contribution in [2.75, 3.05) is 0 Å². The van der Waals surface area contributed by atoms with Gasteiger partial charge in [0.1, 0.15) is 0 Å². The van der Waals surface area contributed by atoms with Gasteiger partial charge < -0.3 is 4.57 Å². The van der Waals surface area contributed by atoms with E-state index in [1.54, 1.807) is 0 Å². The summed E-state index contributed by atoms with van der Waals surface area (Å²) in [6.07, 6.45) is 5.21. The van der Waals surface area contributed by atoms with E-state index in [9.17, 15) is 0 Å². The fourth-order valence-electron chi connectivity index (χ4n) is 7.72. The van der Waals surface area contributed by atoms with Gasteiger partial charge in [-0.1, -0.05) is 121 Å². The van der Waals surface area contributed by atoms with Crippen molar-refractivity contribution < 1.29 is 0 Å². The molecule has 0 radical (unpaired) electrons. The van der Waals surface area contributed by atoms with E-state index in [1.807, 2.05) is 11.8 Å². The highest BCUT2D eigenvalue weighted by molar-refractivity contribution is 7.99. The second kappa shape index (κ2) is 7.88. The van der Waals surface area contributed by atoms with Crippen LogP contribution in [0.25, 0.3) is 28.7 Å². The number of benzene rings is 5. The van der Waals surface area contributed by atoms with Crippen molar-refractivity contribution in [2.24, 2.45) is 5.92 Å². The summed E-state index contributed by atoms with van der Waals surface area (Å²) in [4.78, 5) is 2.75. The Balaban J connectivity index is 1.45. The van der Waals surface area contributed by atoms with E-state index in [-0.39, 0.29) is 17.3 Å². The normalized spacial score (nSPS) is 19.3. The quantitative estimate of drug-likeness (QED) is 0.221. The minimum absolute atomic E-state index is 0.232. The molecule has 0 saturated carbocycles. The van der Waals surface area contributed by atoms with Crippen LogP contribution in [0.3, 0.4) is 0 Å². The number of aromatic nitrogens is 1. The Morgan fingerprint density at radius 1 is 0.564 bits per heavy atom. The molecule has 2 heterocycles. The second-order valence-corrected chi connectivity index (χ2v) is 11.9. The molecule has 0 amide bonds. The Bertz CT molecular complexity index is 2020. The number of hydrogen-bond acceptors (Lipinski definition) is 1. The van der Waals surface area contributed by atoms with Crippen molar-refractivity contribution >= 4 is 34.8 Å². The Labute approximate surface area is 231 Å². The zero-order valence-electron chi connectivity index (χ0n) is 21.3. The van der Waals surface area contributed by atoms with Gasteiger partial charge in [-0.25, -0.2) is 0 Å². The molecule has 0 bridgehead atoms. The molecule has 184 valence electrons. The van der Waals surface area contributed by atoms with Crippen LogP contribution in [0.4, 0.5) is 0 Å². The first-order valence-electron chi connectivity index (χ1n) is 13.7. The van der Waals surface area contributed by atoms with Crippen molar-refractivity contribution in [1.82, 2.24) is 4.57 Å². The Hall–Kier alpha value is -4.27. The minimum Gasteiger partial charge on any atom is -0.310 e. The monoisotopic (exact) mass is 515 g/mol. The maximum absolute atomic E-state index is 2.63. The lowest BCUT2D eigenvalue weighted by molar-refractivity contribution is 0.472. The third kappa shape index (κ3) is 2.72. The fraction of sp³-hybridized carbons (Fsp3) is 0.0811. The molecule has 2 unspecified atom stereocenters. The lowest BCUT2D eigenvalue weighted by atomic mass is 9.63. The molecule has 1 nitrogen and oxygen atoms in total. The van der Waals surface area contributed by atoms with Crippen LogP contribution in [0.2, 0.25) is 0 Å². The Kier molecular flexibility index (Phi) is 4.37. The maximum atomic E-state index is 2.63. The van der Waals surface area contributed by atoms with E-state index in [0.717, 1.165) is 0 Å². The first-order chi connectivity index (χ1) is 19.4. The van der Waals surface area contributed by atoms with Crippen LogP contribution in [-0.4, -0.2) is 4.57 Å². The average Bonchev–Trinajstić information content (AvgIpc) is 3.47. The molecule has 0 saturated heterocycles. The van der Waals surface area contributed by atoms with Gasteiger partial charge in [0.05, 0.1) is 16.3 Å². The lowest BCUT2D eigenvalue weighted by Crippen LogP contribution is -2.42. The summed E-state index contributed by atoms with van der Waals surface area (Å²) in [5, 5.41) is 3.99. The van der Waals surface area contributed by atoms with Gasteiger partial charge in [-0.05, 0) is 52.6 Å². The first kappa shape index (κ1) is 21.6. The van der Waals surface area contributed by atoms with Gasteiger partial charge in [0.25, 0.3) is 0 Å². The zero-order valence-corrected chi connectivity index (χ0v) is 22.1. The van der Waals surface area contributed by atoms with E-state index in [2.05, 4.69) is 144 Å². The summed E-state index contributed by atoms with van der Waals surface area (Å²) in [7, 11) is 0. The van der Waals surface area contributed by atoms with E-state index < -0.39 is 0 Å².